The molecule has 1 atom stereocenters. The van der Waals surface area contributed by atoms with Gasteiger partial charge in [0.05, 0.1) is 30.6 Å². The Morgan fingerprint density at radius 1 is 1.54 bits per heavy atom. The summed E-state index contributed by atoms with van der Waals surface area (Å²) in [5.74, 6) is -0.557. The molecule has 1 aliphatic rings. The zero-order valence-corrected chi connectivity index (χ0v) is 15.8. The summed E-state index contributed by atoms with van der Waals surface area (Å²) in [6, 6.07) is 1.63. The van der Waals surface area contributed by atoms with Gasteiger partial charge in [-0.25, -0.2) is 9.48 Å². The van der Waals surface area contributed by atoms with E-state index in [1.54, 1.807) is 23.1 Å². The van der Waals surface area contributed by atoms with Gasteiger partial charge in [-0.1, -0.05) is 11.8 Å². The molecule has 140 valence electrons. The number of hydrogen-bond acceptors (Lipinski definition) is 9. The third-order valence-corrected chi connectivity index (χ3v) is 5.43. The van der Waals surface area contributed by atoms with Crippen molar-refractivity contribution in [1.29, 1.82) is 0 Å². The Balaban J connectivity index is 1.53. The molecule has 2 aromatic heterocycles. The van der Waals surface area contributed by atoms with Crippen LogP contribution in [-0.2, 0) is 20.8 Å². The number of aromatic nitrogens is 4. The molecule has 1 unspecified atom stereocenters. The average molecular weight is 397 g/mol. The van der Waals surface area contributed by atoms with Gasteiger partial charge in [-0.2, -0.15) is 0 Å². The van der Waals surface area contributed by atoms with Gasteiger partial charge in [-0.3, -0.25) is 4.79 Å². The quantitative estimate of drug-likeness (QED) is 0.531. The Kier molecular flexibility index (Phi) is 6.58. The zero-order valence-electron chi connectivity index (χ0n) is 14.2. The van der Waals surface area contributed by atoms with Crippen LogP contribution in [0.5, 0.6) is 0 Å². The molecule has 0 saturated carbocycles. The van der Waals surface area contributed by atoms with Gasteiger partial charge in [-0.05, 0) is 41.6 Å². The Bertz CT molecular complexity index is 757. The second kappa shape index (κ2) is 9.10. The van der Waals surface area contributed by atoms with Crippen LogP contribution in [0.25, 0.3) is 0 Å². The lowest BCUT2D eigenvalue weighted by Crippen LogP contribution is -2.18. The summed E-state index contributed by atoms with van der Waals surface area (Å²) < 4.78 is 12.2. The smallest absolute Gasteiger partial charge is 0.341 e. The topological polar surface area (TPSA) is 108 Å². The number of nitrogens with one attached hydrogen (secondary N) is 1. The number of rotatable bonds is 8. The van der Waals surface area contributed by atoms with Crippen molar-refractivity contribution in [3.8, 4) is 0 Å². The molecule has 3 heterocycles. The molecule has 1 N–H and O–H groups in total. The van der Waals surface area contributed by atoms with Gasteiger partial charge >= 0.3 is 5.97 Å². The number of hydrogen-bond donors (Lipinski definition) is 1. The summed E-state index contributed by atoms with van der Waals surface area (Å²) in [6.45, 7) is 3.36. The van der Waals surface area contributed by atoms with Crippen LogP contribution >= 0.6 is 23.1 Å². The first-order valence-corrected chi connectivity index (χ1v) is 10.1. The molecule has 0 aromatic carbocycles. The molecule has 26 heavy (non-hydrogen) atoms. The predicted octanol–water partition coefficient (Wildman–Crippen LogP) is 1.82. The van der Waals surface area contributed by atoms with E-state index in [2.05, 4.69) is 20.8 Å². The van der Waals surface area contributed by atoms with Crippen molar-refractivity contribution in [3.63, 3.8) is 0 Å². The normalized spacial score (nSPS) is 16.6. The number of amides is 1. The molecular formula is C15H19N5O4S2. The molecule has 1 fully saturated rings. The molecule has 2 aromatic rings. The molecule has 0 bridgehead atoms. The highest BCUT2D eigenvalue weighted by atomic mass is 32.2. The Hall–Kier alpha value is -1.98. The first-order chi connectivity index (χ1) is 12.7. The average Bonchev–Trinajstić information content (AvgIpc) is 3.36. The summed E-state index contributed by atoms with van der Waals surface area (Å²) >= 11 is 2.52. The van der Waals surface area contributed by atoms with Crippen LogP contribution in [0.3, 0.4) is 0 Å². The van der Waals surface area contributed by atoms with E-state index < -0.39 is 5.97 Å². The lowest BCUT2D eigenvalue weighted by Gasteiger charge is -2.10. The highest BCUT2D eigenvalue weighted by Gasteiger charge is 2.20. The fourth-order valence-corrected chi connectivity index (χ4v) is 3.94. The summed E-state index contributed by atoms with van der Waals surface area (Å²) in [7, 11) is 0. The predicted molar refractivity (Wildman–Crippen MR) is 96.4 cm³/mol. The summed E-state index contributed by atoms with van der Waals surface area (Å²) in [5, 5.41) is 17.1. The molecule has 0 spiro atoms. The maximum absolute atomic E-state index is 12.2. The third-order valence-electron chi connectivity index (χ3n) is 3.65. The molecule has 1 amide bonds. The number of esters is 1. The third kappa shape index (κ3) is 4.80. The number of thiophene rings is 1. The number of ether oxygens (including phenoxy) is 2. The standard InChI is InChI=1S/C15H19N5O4S2/c1-2-23-14(22)11-5-7-25-13(11)16-12(21)9-26-15-17-18-19-20(15)8-10-4-3-6-24-10/h5,7,10H,2-4,6,8-9H2,1H3,(H,16,21). The van der Waals surface area contributed by atoms with Crippen LogP contribution < -0.4 is 5.32 Å². The summed E-state index contributed by atoms with van der Waals surface area (Å²) in [4.78, 5) is 24.1. The Labute approximate surface area is 158 Å². The molecule has 0 radical (unpaired) electrons. The molecule has 9 nitrogen and oxygen atoms in total. The van der Waals surface area contributed by atoms with Gasteiger partial charge in [0.1, 0.15) is 5.00 Å². The lowest BCUT2D eigenvalue weighted by molar-refractivity contribution is -0.113. The van der Waals surface area contributed by atoms with E-state index in [-0.39, 0.29) is 24.4 Å². The molecule has 3 rings (SSSR count). The van der Waals surface area contributed by atoms with E-state index in [1.165, 1.54) is 23.1 Å². The molecule has 1 aliphatic heterocycles. The van der Waals surface area contributed by atoms with Crippen molar-refractivity contribution in [1.82, 2.24) is 20.2 Å². The van der Waals surface area contributed by atoms with Crippen LogP contribution in [-0.4, -0.2) is 57.2 Å². The zero-order chi connectivity index (χ0) is 18.4. The van der Waals surface area contributed by atoms with Crippen molar-refractivity contribution < 1.29 is 19.1 Å². The largest absolute Gasteiger partial charge is 0.462 e. The van der Waals surface area contributed by atoms with Crippen molar-refractivity contribution in [2.24, 2.45) is 0 Å². The van der Waals surface area contributed by atoms with Crippen molar-refractivity contribution >= 4 is 40.0 Å². The van der Waals surface area contributed by atoms with E-state index in [0.29, 0.717) is 22.3 Å². The van der Waals surface area contributed by atoms with Crippen molar-refractivity contribution in [2.75, 3.05) is 24.3 Å². The van der Waals surface area contributed by atoms with Gasteiger partial charge in [0.25, 0.3) is 0 Å². The van der Waals surface area contributed by atoms with Crippen molar-refractivity contribution in [3.05, 3.63) is 17.0 Å². The SMILES string of the molecule is CCOC(=O)c1ccsc1NC(=O)CSc1nnnn1CC1CCCO1. The van der Waals surface area contributed by atoms with E-state index in [0.717, 1.165) is 19.4 Å². The fraction of sp³-hybridized carbons (Fsp3) is 0.533. The monoisotopic (exact) mass is 397 g/mol. The maximum Gasteiger partial charge on any atom is 0.341 e. The molecule has 11 heteroatoms. The van der Waals surface area contributed by atoms with Gasteiger partial charge in [0.2, 0.25) is 11.1 Å². The van der Waals surface area contributed by atoms with Gasteiger partial charge in [0.15, 0.2) is 0 Å². The van der Waals surface area contributed by atoms with Gasteiger partial charge in [-0.15, -0.1) is 16.4 Å². The number of carbonyl (C=O) groups is 2. The van der Waals surface area contributed by atoms with Crippen molar-refractivity contribution in [2.45, 2.75) is 37.6 Å². The Morgan fingerprint density at radius 2 is 2.42 bits per heavy atom. The minimum Gasteiger partial charge on any atom is -0.462 e. The highest BCUT2D eigenvalue weighted by molar-refractivity contribution is 7.99. The first kappa shape index (κ1) is 18.8. The minimum atomic E-state index is -0.447. The number of nitrogens with zero attached hydrogens (tertiary/aromatic N) is 4. The second-order valence-corrected chi connectivity index (χ2v) is 7.36. The Morgan fingerprint density at radius 3 is 3.19 bits per heavy atom. The van der Waals surface area contributed by atoms with Crippen LogP contribution in [0.1, 0.15) is 30.1 Å². The van der Waals surface area contributed by atoms with Gasteiger partial charge in [0, 0.05) is 6.61 Å². The van der Waals surface area contributed by atoms with E-state index >= 15 is 0 Å². The van der Waals surface area contributed by atoms with Gasteiger partial charge < -0.3 is 14.8 Å². The lowest BCUT2D eigenvalue weighted by atomic mass is 10.2. The fourth-order valence-electron chi connectivity index (χ4n) is 2.46. The van der Waals surface area contributed by atoms with E-state index in [1.807, 2.05) is 0 Å². The van der Waals surface area contributed by atoms with Crippen LogP contribution in [0.15, 0.2) is 16.6 Å². The maximum atomic E-state index is 12.2. The molecular weight excluding hydrogens is 378 g/mol. The number of carbonyl (C=O) groups excluding carboxylic acids is 2. The molecule has 1 saturated heterocycles. The number of thioether (sulfide) groups is 1. The van der Waals surface area contributed by atoms with E-state index in [4.69, 9.17) is 9.47 Å². The van der Waals surface area contributed by atoms with Crippen LogP contribution in [0.4, 0.5) is 5.00 Å². The molecule has 0 aliphatic carbocycles. The number of anilines is 1. The number of tetrazole rings is 1. The second-order valence-electron chi connectivity index (χ2n) is 5.50. The van der Waals surface area contributed by atoms with E-state index in [9.17, 15) is 9.59 Å². The minimum absolute atomic E-state index is 0.116. The first-order valence-electron chi connectivity index (χ1n) is 8.22. The summed E-state index contributed by atoms with van der Waals surface area (Å²) in [6.07, 6.45) is 2.14. The van der Waals surface area contributed by atoms with Crippen LogP contribution in [0.2, 0.25) is 0 Å². The summed E-state index contributed by atoms with van der Waals surface area (Å²) in [5.41, 5.74) is 0.360. The highest BCUT2D eigenvalue weighted by Crippen LogP contribution is 2.25. The van der Waals surface area contributed by atoms with Crippen LogP contribution in [0, 0.1) is 0 Å².